The molecule has 3 N–H and O–H groups in total. The average molecular weight is 407 g/mol. The number of hydrogen-bond donors (Lipinski definition) is 3. The Bertz CT molecular complexity index is 900. The van der Waals surface area contributed by atoms with Gasteiger partial charge in [-0.2, -0.15) is 0 Å². The van der Waals surface area contributed by atoms with Gasteiger partial charge in [0.2, 0.25) is 0 Å². The van der Waals surface area contributed by atoms with Gasteiger partial charge in [0.05, 0.1) is 0 Å². The number of alkyl carbamates (subject to hydrolysis) is 1. The summed E-state index contributed by atoms with van der Waals surface area (Å²) in [5.74, 6) is 0.659. The SMILES string of the molecule is O=C(NCC(O)C(O)c1ccc(OCc2ccccc2)cc1)OCc1ccccc1. The van der Waals surface area contributed by atoms with Crippen molar-refractivity contribution in [3.63, 3.8) is 0 Å². The van der Waals surface area contributed by atoms with Crippen LogP contribution in [-0.4, -0.2) is 29.0 Å². The molecule has 2 atom stereocenters. The number of rotatable bonds is 9. The van der Waals surface area contributed by atoms with E-state index in [2.05, 4.69) is 5.32 Å². The van der Waals surface area contributed by atoms with E-state index in [0.29, 0.717) is 17.9 Å². The predicted octanol–water partition coefficient (Wildman–Crippen LogP) is 3.59. The molecule has 0 spiro atoms. The van der Waals surface area contributed by atoms with Crippen LogP contribution in [0.25, 0.3) is 0 Å². The van der Waals surface area contributed by atoms with Crippen molar-refractivity contribution in [3.8, 4) is 5.75 Å². The molecular formula is C24H25NO5. The summed E-state index contributed by atoms with van der Waals surface area (Å²) in [7, 11) is 0. The third-order valence-electron chi connectivity index (χ3n) is 4.50. The maximum absolute atomic E-state index is 11.8. The van der Waals surface area contributed by atoms with Crippen molar-refractivity contribution in [2.75, 3.05) is 6.54 Å². The Morgan fingerprint density at radius 3 is 1.97 bits per heavy atom. The fourth-order valence-electron chi connectivity index (χ4n) is 2.80. The second kappa shape index (κ2) is 11.0. The number of aliphatic hydroxyl groups is 2. The summed E-state index contributed by atoms with van der Waals surface area (Å²) in [4.78, 5) is 11.8. The number of nitrogens with one attached hydrogen (secondary N) is 1. The lowest BCUT2D eigenvalue weighted by Crippen LogP contribution is -2.35. The van der Waals surface area contributed by atoms with Gasteiger partial charge in [-0.05, 0) is 28.8 Å². The van der Waals surface area contributed by atoms with Crippen LogP contribution in [-0.2, 0) is 18.0 Å². The number of benzene rings is 3. The lowest BCUT2D eigenvalue weighted by atomic mass is 10.0. The summed E-state index contributed by atoms with van der Waals surface area (Å²) in [6.07, 6.45) is -2.98. The lowest BCUT2D eigenvalue weighted by Gasteiger charge is -2.19. The monoisotopic (exact) mass is 407 g/mol. The molecule has 1 amide bonds. The standard InChI is InChI=1S/C24H25NO5/c26-22(15-25-24(28)30-17-19-9-5-2-6-10-19)23(27)20-11-13-21(14-12-20)29-16-18-7-3-1-4-8-18/h1-14,22-23,26-27H,15-17H2,(H,25,28). The molecule has 2 unspecified atom stereocenters. The first-order chi connectivity index (χ1) is 14.6. The summed E-state index contributed by atoms with van der Waals surface area (Å²) < 4.78 is 10.8. The molecule has 0 bridgehead atoms. The zero-order valence-corrected chi connectivity index (χ0v) is 16.5. The molecule has 3 rings (SSSR count). The predicted molar refractivity (Wildman–Crippen MR) is 113 cm³/mol. The van der Waals surface area contributed by atoms with Crippen molar-refractivity contribution in [2.24, 2.45) is 0 Å². The third kappa shape index (κ3) is 6.62. The first-order valence-electron chi connectivity index (χ1n) is 9.69. The Kier molecular flexibility index (Phi) is 7.83. The van der Waals surface area contributed by atoms with Crippen LogP contribution in [0.1, 0.15) is 22.8 Å². The van der Waals surface area contributed by atoms with Crippen molar-refractivity contribution in [3.05, 3.63) is 102 Å². The molecule has 0 fully saturated rings. The van der Waals surface area contributed by atoms with Crippen LogP contribution in [0.5, 0.6) is 5.75 Å². The molecule has 6 nitrogen and oxygen atoms in total. The number of carbonyl (C=O) groups excluding carboxylic acids is 1. The van der Waals surface area contributed by atoms with Gasteiger partial charge in [0, 0.05) is 6.54 Å². The Hall–Kier alpha value is -3.35. The Balaban J connectivity index is 1.42. The van der Waals surface area contributed by atoms with Gasteiger partial charge in [0.1, 0.15) is 31.2 Å². The second-order valence-electron chi connectivity index (χ2n) is 6.80. The van der Waals surface area contributed by atoms with Gasteiger partial charge >= 0.3 is 6.09 Å². The molecule has 0 heterocycles. The fraction of sp³-hybridized carbons (Fsp3) is 0.208. The normalized spacial score (nSPS) is 12.6. The van der Waals surface area contributed by atoms with Crippen LogP contribution in [0.3, 0.4) is 0 Å². The Labute approximate surface area is 175 Å². The molecule has 156 valence electrons. The summed E-state index contributed by atoms with van der Waals surface area (Å²) in [6, 6.07) is 25.9. The highest BCUT2D eigenvalue weighted by Gasteiger charge is 2.19. The molecule has 0 radical (unpaired) electrons. The van der Waals surface area contributed by atoms with Gasteiger partial charge in [-0.3, -0.25) is 0 Å². The Morgan fingerprint density at radius 2 is 1.37 bits per heavy atom. The molecule has 6 heteroatoms. The maximum atomic E-state index is 11.8. The molecule has 3 aromatic rings. The minimum atomic E-state index is -1.18. The lowest BCUT2D eigenvalue weighted by molar-refractivity contribution is 0.0184. The van der Waals surface area contributed by atoms with Gasteiger partial charge in [-0.25, -0.2) is 4.79 Å². The van der Waals surface area contributed by atoms with Crippen LogP contribution in [0.4, 0.5) is 4.79 Å². The van der Waals surface area contributed by atoms with Crippen LogP contribution < -0.4 is 10.1 Å². The first kappa shape index (κ1) is 21.4. The van der Waals surface area contributed by atoms with Gasteiger partial charge < -0.3 is 25.0 Å². The van der Waals surface area contributed by atoms with Crippen molar-refractivity contribution >= 4 is 6.09 Å². The van der Waals surface area contributed by atoms with E-state index in [1.165, 1.54) is 0 Å². The molecular weight excluding hydrogens is 382 g/mol. The van der Waals surface area contributed by atoms with E-state index in [4.69, 9.17) is 9.47 Å². The summed E-state index contributed by atoms with van der Waals surface area (Å²) in [5.41, 5.74) is 2.44. The van der Waals surface area contributed by atoms with E-state index in [1.807, 2.05) is 60.7 Å². The molecule has 0 saturated carbocycles. The quantitative estimate of drug-likeness (QED) is 0.505. The highest BCUT2D eigenvalue weighted by atomic mass is 16.5. The van der Waals surface area contributed by atoms with E-state index < -0.39 is 18.3 Å². The second-order valence-corrected chi connectivity index (χ2v) is 6.80. The number of carbonyl (C=O) groups is 1. The van der Waals surface area contributed by atoms with Crippen LogP contribution >= 0.6 is 0 Å². The zero-order chi connectivity index (χ0) is 21.2. The van der Waals surface area contributed by atoms with E-state index in [9.17, 15) is 15.0 Å². The number of hydrogen-bond acceptors (Lipinski definition) is 5. The van der Waals surface area contributed by atoms with Crippen molar-refractivity contribution < 1.29 is 24.5 Å². The fourth-order valence-corrected chi connectivity index (χ4v) is 2.80. The minimum absolute atomic E-state index is 0.135. The molecule has 3 aromatic carbocycles. The van der Waals surface area contributed by atoms with E-state index in [0.717, 1.165) is 11.1 Å². The third-order valence-corrected chi connectivity index (χ3v) is 4.50. The zero-order valence-electron chi connectivity index (χ0n) is 16.5. The molecule has 0 saturated heterocycles. The largest absolute Gasteiger partial charge is 0.489 e. The van der Waals surface area contributed by atoms with Crippen molar-refractivity contribution in [1.29, 1.82) is 0 Å². The average Bonchev–Trinajstić information content (AvgIpc) is 2.81. The van der Waals surface area contributed by atoms with E-state index in [1.54, 1.807) is 24.3 Å². The summed E-state index contributed by atoms with van der Waals surface area (Å²) >= 11 is 0. The summed E-state index contributed by atoms with van der Waals surface area (Å²) in [5, 5.41) is 23.0. The number of ether oxygens (including phenoxy) is 2. The molecule has 0 aromatic heterocycles. The van der Waals surface area contributed by atoms with Crippen molar-refractivity contribution in [2.45, 2.75) is 25.4 Å². The first-order valence-corrected chi connectivity index (χ1v) is 9.69. The maximum Gasteiger partial charge on any atom is 0.407 e. The number of amides is 1. The van der Waals surface area contributed by atoms with Crippen LogP contribution in [0.2, 0.25) is 0 Å². The van der Waals surface area contributed by atoms with Crippen molar-refractivity contribution in [1.82, 2.24) is 5.32 Å². The minimum Gasteiger partial charge on any atom is -0.489 e. The smallest absolute Gasteiger partial charge is 0.407 e. The highest BCUT2D eigenvalue weighted by molar-refractivity contribution is 5.67. The number of aliphatic hydroxyl groups excluding tert-OH is 2. The van der Waals surface area contributed by atoms with E-state index in [-0.39, 0.29) is 13.2 Å². The molecule has 0 aliphatic heterocycles. The Morgan fingerprint density at radius 1 is 0.800 bits per heavy atom. The van der Waals surface area contributed by atoms with Crippen LogP contribution in [0.15, 0.2) is 84.9 Å². The van der Waals surface area contributed by atoms with Crippen LogP contribution in [0, 0.1) is 0 Å². The van der Waals surface area contributed by atoms with Gasteiger partial charge in [-0.15, -0.1) is 0 Å². The molecule has 0 aliphatic carbocycles. The molecule has 0 aliphatic rings. The molecule has 30 heavy (non-hydrogen) atoms. The summed E-state index contributed by atoms with van der Waals surface area (Å²) in [6.45, 7) is 0.442. The topological polar surface area (TPSA) is 88.0 Å². The van der Waals surface area contributed by atoms with Gasteiger partial charge in [0.15, 0.2) is 0 Å². The van der Waals surface area contributed by atoms with Gasteiger partial charge in [0.25, 0.3) is 0 Å². The van der Waals surface area contributed by atoms with E-state index >= 15 is 0 Å². The highest BCUT2D eigenvalue weighted by Crippen LogP contribution is 2.21. The van der Waals surface area contributed by atoms with Gasteiger partial charge in [-0.1, -0.05) is 72.8 Å².